The van der Waals surface area contributed by atoms with Gasteiger partial charge in [0.15, 0.2) is 5.16 Å². The van der Waals surface area contributed by atoms with Crippen LogP contribution in [0, 0.1) is 0 Å². The maximum absolute atomic E-state index is 11.1. The monoisotopic (exact) mass is 336 g/mol. The lowest BCUT2D eigenvalue weighted by Gasteiger charge is -2.10. The molecule has 1 atom stereocenters. The van der Waals surface area contributed by atoms with Gasteiger partial charge >= 0.3 is 5.97 Å². The molecule has 1 heterocycles. The summed E-state index contributed by atoms with van der Waals surface area (Å²) in [5.74, 6) is -0.880. The molecule has 1 aromatic heterocycles. The molecule has 0 radical (unpaired) electrons. The van der Waals surface area contributed by atoms with Crippen LogP contribution in [0.5, 0.6) is 0 Å². The zero-order chi connectivity index (χ0) is 16.9. The first kappa shape index (κ1) is 16.2. The molecule has 0 saturated heterocycles. The summed E-state index contributed by atoms with van der Waals surface area (Å²) < 4.78 is 0. The maximum atomic E-state index is 11.1. The third-order valence-corrected chi connectivity index (χ3v) is 4.42. The van der Waals surface area contributed by atoms with Crippen molar-refractivity contribution in [1.82, 2.24) is 9.97 Å². The van der Waals surface area contributed by atoms with E-state index in [2.05, 4.69) is 9.97 Å². The summed E-state index contributed by atoms with van der Waals surface area (Å²) >= 11 is 1.15. The van der Waals surface area contributed by atoms with Crippen LogP contribution < -0.4 is 0 Å². The smallest absolute Gasteiger partial charge is 0.316 e. The predicted octanol–water partition coefficient (Wildman–Crippen LogP) is 4.38. The Bertz CT molecular complexity index is 781. The first-order chi connectivity index (χ1) is 11.6. The Labute approximate surface area is 144 Å². The standard InChI is InChI=1S/C19H16N2O2S/c1-13(18(22)23)24-19-20-16(14-8-4-2-5-9-14)12-17(21-19)15-10-6-3-7-11-15/h2-13H,1H3,(H,22,23)/t13-/m1/s1. The molecule has 24 heavy (non-hydrogen) atoms. The normalized spacial score (nSPS) is 11.9. The largest absolute Gasteiger partial charge is 0.480 e. The number of hydrogen-bond acceptors (Lipinski definition) is 4. The molecule has 0 amide bonds. The van der Waals surface area contributed by atoms with E-state index in [9.17, 15) is 4.79 Å². The average molecular weight is 336 g/mol. The molecule has 3 rings (SSSR count). The van der Waals surface area contributed by atoms with Gasteiger partial charge in [0.25, 0.3) is 0 Å². The SMILES string of the molecule is C[C@@H](Sc1nc(-c2ccccc2)cc(-c2ccccc2)n1)C(=O)O. The van der Waals surface area contributed by atoms with E-state index in [4.69, 9.17) is 5.11 Å². The number of hydrogen-bond donors (Lipinski definition) is 1. The van der Waals surface area contributed by atoms with E-state index in [1.165, 1.54) is 0 Å². The zero-order valence-electron chi connectivity index (χ0n) is 13.1. The second kappa shape index (κ2) is 7.27. The van der Waals surface area contributed by atoms with Crippen molar-refractivity contribution >= 4 is 17.7 Å². The lowest BCUT2D eigenvalue weighted by molar-refractivity contribution is -0.136. The number of nitrogens with zero attached hydrogens (tertiary/aromatic N) is 2. The first-order valence-electron chi connectivity index (χ1n) is 7.53. The molecule has 0 fully saturated rings. The van der Waals surface area contributed by atoms with E-state index in [-0.39, 0.29) is 0 Å². The minimum absolute atomic E-state index is 0.463. The van der Waals surface area contributed by atoms with Crippen molar-refractivity contribution in [3.63, 3.8) is 0 Å². The molecule has 5 heteroatoms. The molecule has 120 valence electrons. The predicted molar refractivity (Wildman–Crippen MR) is 95.9 cm³/mol. The quantitative estimate of drug-likeness (QED) is 0.553. The summed E-state index contributed by atoms with van der Waals surface area (Å²) in [6.07, 6.45) is 0. The van der Waals surface area contributed by atoms with Gasteiger partial charge in [-0.15, -0.1) is 0 Å². The molecule has 0 unspecified atom stereocenters. The minimum atomic E-state index is -0.880. The number of rotatable bonds is 5. The Morgan fingerprint density at radius 1 is 0.917 bits per heavy atom. The highest BCUT2D eigenvalue weighted by molar-refractivity contribution is 8.00. The summed E-state index contributed by atoms with van der Waals surface area (Å²) in [5.41, 5.74) is 3.51. The second-order valence-electron chi connectivity index (χ2n) is 5.25. The van der Waals surface area contributed by atoms with Gasteiger partial charge in [-0.25, -0.2) is 9.97 Å². The molecular formula is C19H16N2O2S. The van der Waals surface area contributed by atoms with Crippen LogP contribution in [0.4, 0.5) is 0 Å². The number of benzene rings is 2. The fourth-order valence-electron chi connectivity index (χ4n) is 2.20. The fraction of sp³-hybridized carbons (Fsp3) is 0.105. The van der Waals surface area contributed by atoms with E-state index >= 15 is 0 Å². The van der Waals surface area contributed by atoms with E-state index in [0.29, 0.717) is 5.16 Å². The van der Waals surface area contributed by atoms with Crippen LogP contribution in [-0.4, -0.2) is 26.3 Å². The molecule has 0 aliphatic carbocycles. The number of carbonyl (C=O) groups is 1. The molecule has 0 aliphatic heterocycles. The van der Waals surface area contributed by atoms with Crippen LogP contribution in [-0.2, 0) is 4.79 Å². The summed E-state index contributed by atoms with van der Waals surface area (Å²) in [6.45, 7) is 1.63. The molecule has 2 aromatic carbocycles. The lowest BCUT2D eigenvalue weighted by Crippen LogP contribution is -2.12. The van der Waals surface area contributed by atoms with Crippen molar-refractivity contribution in [3.8, 4) is 22.5 Å². The Kier molecular flexibility index (Phi) is 4.91. The summed E-state index contributed by atoms with van der Waals surface area (Å²) in [4.78, 5) is 20.2. The van der Waals surface area contributed by atoms with Gasteiger partial charge in [0, 0.05) is 11.1 Å². The van der Waals surface area contributed by atoms with Crippen molar-refractivity contribution in [2.24, 2.45) is 0 Å². The van der Waals surface area contributed by atoms with Crippen molar-refractivity contribution in [2.45, 2.75) is 17.3 Å². The van der Waals surface area contributed by atoms with Crippen LogP contribution >= 0.6 is 11.8 Å². The number of aromatic nitrogens is 2. The topological polar surface area (TPSA) is 63.1 Å². The Balaban J connectivity index is 2.07. The number of aliphatic carboxylic acids is 1. The molecule has 0 spiro atoms. The van der Waals surface area contributed by atoms with Gasteiger partial charge in [0.2, 0.25) is 0 Å². The van der Waals surface area contributed by atoms with Crippen LogP contribution in [0.25, 0.3) is 22.5 Å². The maximum Gasteiger partial charge on any atom is 0.316 e. The van der Waals surface area contributed by atoms with Crippen LogP contribution in [0.1, 0.15) is 6.92 Å². The van der Waals surface area contributed by atoms with Crippen LogP contribution in [0.2, 0.25) is 0 Å². The number of carboxylic acids is 1. The van der Waals surface area contributed by atoms with Gasteiger partial charge in [-0.05, 0) is 13.0 Å². The Morgan fingerprint density at radius 3 is 1.79 bits per heavy atom. The molecule has 4 nitrogen and oxygen atoms in total. The molecule has 0 aliphatic rings. The summed E-state index contributed by atoms with van der Waals surface area (Å²) in [7, 11) is 0. The van der Waals surface area contributed by atoms with E-state index in [1.807, 2.05) is 66.7 Å². The highest BCUT2D eigenvalue weighted by atomic mass is 32.2. The highest BCUT2D eigenvalue weighted by Crippen LogP contribution is 2.28. The Morgan fingerprint density at radius 2 is 1.38 bits per heavy atom. The highest BCUT2D eigenvalue weighted by Gasteiger charge is 2.16. The minimum Gasteiger partial charge on any atom is -0.480 e. The van der Waals surface area contributed by atoms with E-state index in [0.717, 1.165) is 34.3 Å². The van der Waals surface area contributed by atoms with E-state index in [1.54, 1.807) is 6.92 Å². The summed E-state index contributed by atoms with van der Waals surface area (Å²) in [6, 6.07) is 21.5. The molecule has 0 saturated carbocycles. The summed E-state index contributed by atoms with van der Waals surface area (Å²) in [5, 5.41) is 8.99. The van der Waals surface area contributed by atoms with Gasteiger partial charge in [-0.1, -0.05) is 72.4 Å². The van der Waals surface area contributed by atoms with Gasteiger partial charge in [-0.3, -0.25) is 4.79 Å². The van der Waals surface area contributed by atoms with Crippen LogP contribution in [0.3, 0.4) is 0 Å². The first-order valence-corrected chi connectivity index (χ1v) is 8.41. The third-order valence-electron chi connectivity index (χ3n) is 3.47. The Hall–Kier alpha value is -2.66. The van der Waals surface area contributed by atoms with Crippen LogP contribution in [0.15, 0.2) is 71.9 Å². The van der Waals surface area contributed by atoms with Gasteiger partial charge < -0.3 is 5.11 Å². The van der Waals surface area contributed by atoms with Gasteiger partial charge in [0.05, 0.1) is 11.4 Å². The third kappa shape index (κ3) is 3.81. The number of carboxylic acid groups (broad SMARTS) is 1. The van der Waals surface area contributed by atoms with Gasteiger partial charge in [0.1, 0.15) is 5.25 Å². The average Bonchev–Trinajstić information content (AvgIpc) is 2.63. The van der Waals surface area contributed by atoms with Gasteiger partial charge in [-0.2, -0.15) is 0 Å². The molecule has 0 bridgehead atoms. The molecular weight excluding hydrogens is 320 g/mol. The zero-order valence-corrected chi connectivity index (χ0v) is 13.9. The lowest BCUT2D eigenvalue weighted by atomic mass is 10.1. The van der Waals surface area contributed by atoms with Crippen molar-refractivity contribution < 1.29 is 9.90 Å². The van der Waals surface area contributed by atoms with Crippen molar-refractivity contribution in [2.75, 3.05) is 0 Å². The van der Waals surface area contributed by atoms with Crippen molar-refractivity contribution in [3.05, 3.63) is 66.7 Å². The second-order valence-corrected chi connectivity index (χ2v) is 6.56. The molecule has 1 N–H and O–H groups in total. The number of thioether (sulfide) groups is 1. The van der Waals surface area contributed by atoms with Crippen molar-refractivity contribution in [1.29, 1.82) is 0 Å². The molecule has 3 aromatic rings. The van der Waals surface area contributed by atoms with E-state index < -0.39 is 11.2 Å². The fourth-order valence-corrected chi connectivity index (χ4v) is 2.92.